The van der Waals surface area contributed by atoms with Crippen LogP contribution in [0.25, 0.3) is 0 Å². The van der Waals surface area contributed by atoms with Gasteiger partial charge in [-0.15, -0.1) is 0 Å². The molecule has 0 saturated carbocycles. The first-order valence-electron chi connectivity index (χ1n) is 7.25. The topological polar surface area (TPSA) is 61.8 Å². The van der Waals surface area contributed by atoms with Crippen molar-refractivity contribution in [3.8, 4) is 0 Å². The van der Waals surface area contributed by atoms with Crippen LogP contribution >= 0.6 is 0 Å². The van der Waals surface area contributed by atoms with Crippen LogP contribution in [-0.2, 0) is 9.59 Å². The molecular formula is C14H23N3O2. The van der Waals surface area contributed by atoms with Gasteiger partial charge in [0, 0.05) is 25.9 Å². The highest BCUT2D eigenvalue weighted by Crippen LogP contribution is 2.37. The Labute approximate surface area is 114 Å². The number of carbonyl (C=O) groups is 2. The molecule has 2 aliphatic heterocycles. The molecule has 1 N–H and O–H groups in total. The number of hydrogen-bond acceptors (Lipinski definition) is 3. The van der Waals surface area contributed by atoms with Crippen LogP contribution in [0.5, 0.6) is 0 Å². The van der Waals surface area contributed by atoms with Gasteiger partial charge in [-0.2, -0.15) is 5.10 Å². The molecule has 0 radical (unpaired) electrons. The number of hydrazone groups is 1. The van der Waals surface area contributed by atoms with Gasteiger partial charge in [0.1, 0.15) is 5.71 Å². The van der Waals surface area contributed by atoms with Crippen LogP contribution in [0.3, 0.4) is 0 Å². The number of likely N-dealkylation sites (tertiary alicyclic amines) is 1. The summed E-state index contributed by atoms with van der Waals surface area (Å²) in [4.78, 5) is 25.2. The average Bonchev–Trinajstić information content (AvgIpc) is 2.47. The second kappa shape index (κ2) is 5.72. The Bertz CT molecular complexity index is 389. The van der Waals surface area contributed by atoms with Crippen LogP contribution in [0.1, 0.15) is 52.4 Å². The van der Waals surface area contributed by atoms with Crippen molar-refractivity contribution in [2.75, 3.05) is 13.1 Å². The van der Waals surface area contributed by atoms with E-state index >= 15 is 0 Å². The largest absolute Gasteiger partial charge is 0.338 e. The average molecular weight is 265 g/mol. The molecule has 2 heterocycles. The molecular weight excluding hydrogens is 242 g/mol. The summed E-state index contributed by atoms with van der Waals surface area (Å²) in [6, 6.07) is 0. The summed E-state index contributed by atoms with van der Waals surface area (Å²) >= 11 is 0. The molecule has 0 aromatic carbocycles. The molecule has 0 aromatic heterocycles. The molecule has 0 atom stereocenters. The van der Waals surface area contributed by atoms with E-state index in [0.29, 0.717) is 24.0 Å². The van der Waals surface area contributed by atoms with Crippen LogP contribution in [0.4, 0.5) is 0 Å². The quantitative estimate of drug-likeness (QED) is 0.844. The van der Waals surface area contributed by atoms with Crippen molar-refractivity contribution in [1.29, 1.82) is 0 Å². The van der Waals surface area contributed by atoms with Crippen LogP contribution in [-0.4, -0.2) is 35.5 Å². The summed E-state index contributed by atoms with van der Waals surface area (Å²) in [5.74, 6) is -0.105. The van der Waals surface area contributed by atoms with E-state index in [-0.39, 0.29) is 11.8 Å². The lowest BCUT2D eigenvalue weighted by Gasteiger charge is -2.41. The highest BCUT2D eigenvalue weighted by Gasteiger charge is 2.34. The van der Waals surface area contributed by atoms with Crippen molar-refractivity contribution in [2.24, 2.45) is 10.5 Å². The van der Waals surface area contributed by atoms with E-state index < -0.39 is 0 Å². The molecule has 106 valence electrons. The molecule has 2 aliphatic rings. The van der Waals surface area contributed by atoms with E-state index in [9.17, 15) is 9.59 Å². The fourth-order valence-electron chi connectivity index (χ4n) is 2.95. The van der Waals surface area contributed by atoms with E-state index in [0.717, 1.165) is 25.9 Å². The normalized spacial score (nSPS) is 22.7. The zero-order valence-electron chi connectivity index (χ0n) is 11.9. The third kappa shape index (κ3) is 2.96. The molecule has 2 amide bonds. The predicted octanol–water partition coefficient (Wildman–Crippen LogP) is 1.68. The van der Waals surface area contributed by atoms with Gasteiger partial charge in [-0.05, 0) is 18.3 Å². The van der Waals surface area contributed by atoms with Crippen molar-refractivity contribution >= 4 is 17.5 Å². The Kier molecular flexibility index (Phi) is 4.22. The van der Waals surface area contributed by atoms with Crippen LogP contribution < -0.4 is 5.43 Å². The number of rotatable bonds is 3. The van der Waals surface area contributed by atoms with E-state index in [2.05, 4.69) is 24.4 Å². The lowest BCUT2D eigenvalue weighted by Crippen LogP contribution is -2.46. The third-order valence-corrected chi connectivity index (χ3v) is 4.76. The Morgan fingerprint density at radius 3 is 2.37 bits per heavy atom. The molecule has 5 nitrogen and oxygen atoms in total. The summed E-state index contributed by atoms with van der Waals surface area (Å²) in [6.45, 7) is 6.10. The zero-order chi connectivity index (χ0) is 13.9. The van der Waals surface area contributed by atoms with Crippen LogP contribution in [0, 0.1) is 5.41 Å². The molecule has 2 rings (SSSR count). The lowest BCUT2D eigenvalue weighted by molar-refractivity contribution is -0.126. The molecule has 0 spiro atoms. The third-order valence-electron chi connectivity index (χ3n) is 4.76. The van der Waals surface area contributed by atoms with Gasteiger partial charge in [0.05, 0.1) is 0 Å². The van der Waals surface area contributed by atoms with Gasteiger partial charge < -0.3 is 4.90 Å². The minimum atomic E-state index is -0.105. The second-order valence-corrected chi connectivity index (χ2v) is 5.59. The molecule has 0 bridgehead atoms. The molecule has 0 unspecified atom stereocenters. The molecule has 5 heteroatoms. The van der Waals surface area contributed by atoms with Crippen molar-refractivity contribution in [2.45, 2.75) is 52.4 Å². The zero-order valence-corrected chi connectivity index (χ0v) is 11.9. The summed E-state index contributed by atoms with van der Waals surface area (Å²) in [5, 5.41) is 3.89. The monoisotopic (exact) mass is 265 g/mol. The number of hydrogen-bond donors (Lipinski definition) is 1. The Hall–Kier alpha value is -1.39. The smallest absolute Gasteiger partial charge is 0.270 e. The minimum absolute atomic E-state index is 0.000746. The van der Waals surface area contributed by atoms with Gasteiger partial charge in [-0.25, -0.2) is 5.43 Å². The van der Waals surface area contributed by atoms with Gasteiger partial charge in [0.15, 0.2) is 0 Å². The highest BCUT2D eigenvalue weighted by atomic mass is 16.2. The fourth-order valence-corrected chi connectivity index (χ4v) is 2.95. The van der Waals surface area contributed by atoms with E-state index in [4.69, 9.17) is 0 Å². The predicted molar refractivity (Wildman–Crippen MR) is 73.6 cm³/mol. The van der Waals surface area contributed by atoms with Crippen LogP contribution in [0.2, 0.25) is 0 Å². The van der Waals surface area contributed by atoms with Crippen molar-refractivity contribution in [1.82, 2.24) is 10.3 Å². The first-order chi connectivity index (χ1) is 9.10. The molecule has 1 fully saturated rings. The number of carbonyl (C=O) groups excluding carboxylic acids is 2. The number of nitrogens with zero attached hydrogens (tertiary/aromatic N) is 2. The molecule has 1 saturated heterocycles. The van der Waals surface area contributed by atoms with Gasteiger partial charge in [0.2, 0.25) is 5.91 Å². The number of amides is 2. The van der Waals surface area contributed by atoms with Gasteiger partial charge in [0.25, 0.3) is 5.91 Å². The van der Waals surface area contributed by atoms with Crippen molar-refractivity contribution in [3.05, 3.63) is 0 Å². The van der Waals surface area contributed by atoms with Gasteiger partial charge >= 0.3 is 0 Å². The summed E-state index contributed by atoms with van der Waals surface area (Å²) < 4.78 is 0. The minimum Gasteiger partial charge on any atom is -0.338 e. The van der Waals surface area contributed by atoms with Gasteiger partial charge in [-0.3, -0.25) is 9.59 Å². The fraction of sp³-hybridized carbons (Fsp3) is 0.786. The van der Waals surface area contributed by atoms with Crippen molar-refractivity contribution < 1.29 is 9.59 Å². The number of piperidine rings is 1. The standard InChI is InChI=1S/C14H23N3O2/c1-3-14(4-2)7-9-17(10-8-14)13(19)11-5-6-12(18)16-15-11/h3-10H2,1-2H3,(H,16,18). The van der Waals surface area contributed by atoms with E-state index in [1.165, 1.54) is 12.8 Å². The Balaban J connectivity index is 1.94. The number of nitrogens with one attached hydrogen (secondary N) is 1. The van der Waals surface area contributed by atoms with Crippen LogP contribution in [0.15, 0.2) is 5.10 Å². The Morgan fingerprint density at radius 2 is 1.89 bits per heavy atom. The highest BCUT2D eigenvalue weighted by molar-refractivity contribution is 6.39. The second-order valence-electron chi connectivity index (χ2n) is 5.59. The summed E-state index contributed by atoms with van der Waals surface area (Å²) in [5.41, 5.74) is 3.31. The van der Waals surface area contributed by atoms with E-state index in [1.807, 2.05) is 4.90 Å². The molecule has 19 heavy (non-hydrogen) atoms. The SMILES string of the molecule is CCC1(CC)CCN(C(=O)C2=NNC(=O)CC2)CC1. The van der Waals surface area contributed by atoms with Crippen molar-refractivity contribution in [3.63, 3.8) is 0 Å². The summed E-state index contributed by atoms with van der Waals surface area (Å²) in [6.07, 6.45) is 5.35. The molecule has 0 aromatic rings. The maximum Gasteiger partial charge on any atom is 0.270 e. The maximum atomic E-state index is 12.3. The maximum absolute atomic E-state index is 12.3. The Morgan fingerprint density at radius 1 is 1.26 bits per heavy atom. The summed E-state index contributed by atoms with van der Waals surface area (Å²) in [7, 11) is 0. The molecule has 0 aliphatic carbocycles. The first kappa shape index (κ1) is 14.0. The van der Waals surface area contributed by atoms with Gasteiger partial charge in [-0.1, -0.05) is 26.7 Å². The first-order valence-corrected chi connectivity index (χ1v) is 7.25. The van der Waals surface area contributed by atoms with E-state index in [1.54, 1.807) is 0 Å². The lowest BCUT2D eigenvalue weighted by atomic mass is 9.74.